The van der Waals surface area contributed by atoms with Crippen LogP contribution < -0.4 is 0 Å². The summed E-state index contributed by atoms with van der Waals surface area (Å²) in [6, 6.07) is 0. The molecule has 0 bridgehead atoms. The first kappa shape index (κ1) is 5.79. The Morgan fingerprint density at radius 1 is 1.62 bits per heavy atom. The quantitative estimate of drug-likeness (QED) is 0.483. The summed E-state index contributed by atoms with van der Waals surface area (Å²) in [4.78, 5) is 0. The molecule has 1 aliphatic carbocycles. The second kappa shape index (κ2) is 2.29. The minimum absolute atomic E-state index is 0.342. The standard InChI is InChI=1S/C6H9O2/c7-5-1-2-6(8)4-3-5/h1-2,5,7-8H,3-4H2. The van der Waals surface area contributed by atoms with Gasteiger partial charge in [-0.05, 0) is 12.8 Å². The van der Waals surface area contributed by atoms with Crippen LogP contribution in [0.5, 0.6) is 0 Å². The molecular formula is C6H9O2. The minimum Gasteiger partial charge on any atom is -0.389 e. The highest BCUT2D eigenvalue weighted by molar-refractivity contribution is 5.08. The van der Waals surface area contributed by atoms with Crippen molar-refractivity contribution in [2.24, 2.45) is 0 Å². The molecule has 0 spiro atoms. The maximum absolute atomic E-state index is 8.82. The summed E-state index contributed by atoms with van der Waals surface area (Å²) < 4.78 is 0. The largest absolute Gasteiger partial charge is 0.389 e. The van der Waals surface area contributed by atoms with Gasteiger partial charge in [0.2, 0.25) is 0 Å². The Morgan fingerprint density at radius 3 is 2.75 bits per heavy atom. The fourth-order valence-corrected chi connectivity index (χ4v) is 0.697. The summed E-state index contributed by atoms with van der Waals surface area (Å²) in [5.41, 5.74) is 0. The van der Waals surface area contributed by atoms with Gasteiger partial charge in [-0.15, -0.1) is 0 Å². The molecule has 0 aromatic carbocycles. The Kier molecular flexibility index (Phi) is 1.65. The maximum Gasteiger partial charge on any atom is 0.115 e. The molecule has 1 rings (SSSR count). The number of hydrogen-bond acceptors (Lipinski definition) is 2. The van der Waals surface area contributed by atoms with Crippen LogP contribution in [0.25, 0.3) is 0 Å². The predicted molar refractivity (Wildman–Crippen MR) is 29.6 cm³/mol. The molecule has 1 radical (unpaired) electrons. The van der Waals surface area contributed by atoms with E-state index >= 15 is 0 Å². The normalized spacial score (nSPS) is 31.0. The highest BCUT2D eigenvalue weighted by atomic mass is 16.3. The molecular weight excluding hydrogens is 104 g/mol. The van der Waals surface area contributed by atoms with Crippen molar-refractivity contribution in [1.82, 2.24) is 0 Å². The Bertz CT molecular complexity index is 86.7. The van der Waals surface area contributed by atoms with Crippen LogP contribution in [-0.2, 0) is 0 Å². The van der Waals surface area contributed by atoms with Gasteiger partial charge in [0, 0.05) is 0 Å². The van der Waals surface area contributed by atoms with Gasteiger partial charge in [0.05, 0.1) is 6.10 Å². The molecule has 0 aromatic rings. The first-order chi connectivity index (χ1) is 3.79. The summed E-state index contributed by atoms with van der Waals surface area (Å²) >= 11 is 0. The molecule has 1 unspecified atom stereocenters. The Hall–Kier alpha value is -0.340. The van der Waals surface area contributed by atoms with Gasteiger partial charge in [0.1, 0.15) is 6.10 Å². The van der Waals surface area contributed by atoms with Crippen LogP contribution in [0.2, 0.25) is 0 Å². The van der Waals surface area contributed by atoms with E-state index in [0.717, 1.165) is 0 Å². The zero-order valence-electron chi connectivity index (χ0n) is 4.54. The smallest absolute Gasteiger partial charge is 0.115 e. The molecule has 2 N–H and O–H groups in total. The van der Waals surface area contributed by atoms with E-state index < -0.39 is 0 Å². The summed E-state index contributed by atoms with van der Waals surface area (Å²) in [6.07, 6.45) is 4.44. The number of rotatable bonds is 0. The molecule has 0 aromatic heterocycles. The highest BCUT2D eigenvalue weighted by Gasteiger charge is 2.10. The predicted octanol–water partition coefficient (Wildman–Crippen LogP) is 0.602. The van der Waals surface area contributed by atoms with Crippen molar-refractivity contribution < 1.29 is 10.2 Å². The second-order valence-corrected chi connectivity index (χ2v) is 1.96. The van der Waals surface area contributed by atoms with E-state index in [0.29, 0.717) is 18.9 Å². The van der Waals surface area contributed by atoms with Gasteiger partial charge in [-0.1, -0.05) is 12.2 Å². The molecule has 1 aliphatic rings. The average molecular weight is 113 g/mol. The lowest BCUT2D eigenvalue weighted by atomic mass is 10.0. The summed E-state index contributed by atoms with van der Waals surface area (Å²) in [5, 5.41) is 17.6. The molecule has 0 saturated carbocycles. The Balaban J connectivity index is 2.42. The second-order valence-electron chi connectivity index (χ2n) is 1.96. The van der Waals surface area contributed by atoms with Gasteiger partial charge in [-0.2, -0.15) is 0 Å². The van der Waals surface area contributed by atoms with E-state index in [1.807, 2.05) is 0 Å². The Morgan fingerprint density at radius 2 is 2.38 bits per heavy atom. The fraction of sp³-hybridized carbons (Fsp3) is 0.500. The van der Waals surface area contributed by atoms with Crippen molar-refractivity contribution in [3.63, 3.8) is 0 Å². The van der Waals surface area contributed by atoms with E-state index in [9.17, 15) is 0 Å². The first-order valence-electron chi connectivity index (χ1n) is 2.70. The van der Waals surface area contributed by atoms with Gasteiger partial charge in [0.25, 0.3) is 0 Å². The van der Waals surface area contributed by atoms with Crippen LogP contribution in [0.4, 0.5) is 0 Å². The highest BCUT2D eigenvalue weighted by Crippen LogP contribution is 2.15. The van der Waals surface area contributed by atoms with Crippen molar-refractivity contribution in [2.75, 3.05) is 0 Å². The van der Waals surface area contributed by atoms with Crippen molar-refractivity contribution in [1.29, 1.82) is 0 Å². The zero-order valence-corrected chi connectivity index (χ0v) is 4.54. The van der Waals surface area contributed by atoms with E-state index in [2.05, 4.69) is 0 Å². The van der Waals surface area contributed by atoms with Crippen molar-refractivity contribution in [2.45, 2.75) is 18.9 Å². The SMILES string of the molecule is O[C]1C=CC(O)CC1. The van der Waals surface area contributed by atoms with Crippen LogP contribution in [0.1, 0.15) is 12.8 Å². The third-order valence-corrected chi connectivity index (χ3v) is 1.21. The van der Waals surface area contributed by atoms with Gasteiger partial charge in [-0.3, -0.25) is 0 Å². The molecule has 0 saturated heterocycles. The lowest BCUT2D eigenvalue weighted by Crippen LogP contribution is -2.09. The van der Waals surface area contributed by atoms with Crippen LogP contribution >= 0.6 is 0 Å². The van der Waals surface area contributed by atoms with E-state index in [4.69, 9.17) is 10.2 Å². The fourth-order valence-electron chi connectivity index (χ4n) is 0.697. The van der Waals surface area contributed by atoms with Crippen molar-refractivity contribution in [3.8, 4) is 0 Å². The lowest BCUT2D eigenvalue weighted by Gasteiger charge is -2.12. The van der Waals surface area contributed by atoms with Crippen LogP contribution in [-0.4, -0.2) is 16.3 Å². The molecule has 0 aliphatic heterocycles. The maximum atomic E-state index is 8.82. The molecule has 0 amide bonds. The molecule has 2 nitrogen and oxygen atoms in total. The van der Waals surface area contributed by atoms with Crippen LogP contribution in [0.3, 0.4) is 0 Å². The zero-order chi connectivity index (χ0) is 5.98. The third kappa shape index (κ3) is 1.32. The molecule has 8 heavy (non-hydrogen) atoms. The average Bonchev–Trinajstić information content (AvgIpc) is 1.77. The lowest BCUT2D eigenvalue weighted by molar-refractivity contribution is 0.186. The summed E-state index contributed by atoms with van der Waals surface area (Å²) in [7, 11) is 0. The Labute approximate surface area is 48.5 Å². The van der Waals surface area contributed by atoms with E-state index in [1.54, 1.807) is 12.2 Å². The third-order valence-electron chi connectivity index (χ3n) is 1.21. The minimum atomic E-state index is -0.342. The van der Waals surface area contributed by atoms with Gasteiger partial charge >= 0.3 is 0 Å². The molecule has 45 valence electrons. The molecule has 2 heteroatoms. The number of aliphatic hydroxyl groups is 2. The monoisotopic (exact) mass is 113 g/mol. The summed E-state index contributed by atoms with van der Waals surface area (Å²) in [5.74, 6) is 0. The molecule has 1 atom stereocenters. The van der Waals surface area contributed by atoms with Crippen LogP contribution in [0.15, 0.2) is 12.2 Å². The number of hydrogen-bond donors (Lipinski definition) is 2. The van der Waals surface area contributed by atoms with Gasteiger partial charge < -0.3 is 10.2 Å². The van der Waals surface area contributed by atoms with Crippen molar-refractivity contribution in [3.05, 3.63) is 18.3 Å². The van der Waals surface area contributed by atoms with Gasteiger partial charge in [0.15, 0.2) is 0 Å². The number of aliphatic hydroxyl groups excluding tert-OH is 2. The van der Waals surface area contributed by atoms with Crippen molar-refractivity contribution >= 4 is 0 Å². The van der Waals surface area contributed by atoms with Gasteiger partial charge in [-0.25, -0.2) is 0 Å². The summed E-state index contributed by atoms with van der Waals surface area (Å²) in [6.45, 7) is 0. The van der Waals surface area contributed by atoms with Crippen LogP contribution in [0, 0.1) is 6.10 Å². The van der Waals surface area contributed by atoms with E-state index in [-0.39, 0.29) is 6.10 Å². The van der Waals surface area contributed by atoms with E-state index in [1.165, 1.54) is 0 Å². The molecule has 0 fully saturated rings. The molecule has 0 heterocycles. The topological polar surface area (TPSA) is 40.5 Å². The first-order valence-corrected chi connectivity index (χ1v) is 2.70.